The van der Waals surface area contributed by atoms with Crippen molar-refractivity contribution in [1.82, 2.24) is 25.9 Å². The summed E-state index contributed by atoms with van der Waals surface area (Å²) < 4.78 is 0. The second-order valence-electron chi connectivity index (χ2n) is 3.90. The molecule has 4 N–H and O–H groups in total. The Morgan fingerprint density at radius 1 is 1.16 bits per heavy atom. The predicted molar refractivity (Wildman–Crippen MR) is 71.8 cm³/mol. The molecule has 2 rings (SSSR count). The van der Waals surface area contributed by atoms with Crippen LogP contribution < -0.4 is 16.2 Å². The monoisotopic (exact) mass is 260 g/mol. The number of aromatic nitrogens is 3. The van der Waals surface area contributed by atoms with Gasteiger partial charge in [-0.05, 0) is 14.0 Å². The standard InChI is InChI=1S/C12H16N6O/c1-8-10(9-6-4-3-5-7-9)15-16-11(14-8)17-18-12(19)13-2/h3-7,12-13,18-19H,1-2H3,(H,14,16,17). The number of aliphatic hydroxyl groups excluding tert-OH is 1. The van der Waals surface area contributed by atoms with Gasteiger partial charge in [0.25, 0.3) is 5.95 Å². The molecule has 1 unspecified atom stereocenters. The number of nitrogens with one attached hydrogen (secondary N) is 3. The van der Waals surface area contributed by atoms with Crippen LogP contribution >= 0.6 is 0 Å². The van der Waals surface area contributed by atoms with E-state index in [1.807, 2.05) is 37.3 Å². The molecular weight excluding hydrogens is 244 g/mol. The number of nitrogens with zero attached hydrogens (tertiary/aromatic N) is 3. The molecule has 0 saturated carbocycles. The number of rotatable bonds is 5. The van der Waals surface area contributed by atoms with Gasteiger partial charge in [-0.25, -0.2) is 4.98 Å². The van der Waals surface area contributed by atoms with Crippen LogP contribution in [0.3, 0.4) is 0 Å². The molecule has 0 fully saturated rings. The molecular formula is C12H16N6O. The Hall–Kier alpha value is -2.09. The van der Waals surface area contributed by atoms with Crippen molar-refractivity contribution < 1.29 is 5.11 Å². The smallest absolute Gasteiger partial charge is 0.257 e. The minimum Gasteiger partial charge on any atom is -0.364 e. The molecule has 100 valence electrons. The van der Waals surface area contributed by atoms with Gasteiger partial charge >= 0.3 is 0 Å². The first-order valence-electron chi connectivity index (χ1n) is 5.84. The Bertz CT molecular complexity index is 533. The zero-order valence-electron chi connectivity index (χ0n) is 10.8. The van der Waals surface area contributed by atoms with Crippen molar-refractivity contribution in [3.05, 3.63) is 36.0 Å². The molecule has 0 saturated heterocycles. The molecule has 1 atom stereocenters. The molecule has 0 bridgehead atoms. The summed E-state index contributed by atoms with van der Waals surface area (Å²) in [6, 6.07) is 9.73. The van der Waals surface area contributed by atoms with Crippen LogP contribution in [0.5, 0.6) is 0 Å². The number of aryl methyl sites for hydroxylation is 1. The summed E-state index contributed by atoms with van der Waals surface area (Å²) in [6.07, 6.45) is -0.891. The molecule has 19 heavy (non-hydrogen) atoms. The van der Waals surface area contributed by atoms with E-state index in [1.165, 1.54) is 0 Å². The van der Waals surface area contributed by atoms with E-state index in [0.29, 0.717) is 5.95 Å². The van der Waals surface area contributed by atoms with Gasteiger partial charge < -0.3 is 5.11 Å². The van der Waals surface area contributed by atoms with Crippen molar-refractivity contribution in [2.45, 2.75) is 13.3 Å². The Labute approximate surface area is 111 Å². The van der Waals surface area contributed by atoms with Crippen LogP contribution in [-0.4, -0.2) is 33.7 Å². The topological polar surface area (TPSA) is 95.0 Å². The molecule has 1 aromatic carbocycles. The van der Waals surface area contributed by atoms with E-state index in [4.69, 9.17) is 0 Å². The Morgan fingerprint density at radius 3 is 2.53 bits per heavy atom. The van der Waals surface area contributed by atoms with Gasteiger partial charge in [0, 0.05) is 5.56 Å². The maximum Gasteiger partial charge on any atom is 0.257 e. The number of hydrogen-bond donors (Lipinski definition) is 4. The Kier molecular flexibility index (Phi) is 4.35. The highest BCUT2D eigenvalue weighted by Gasteiger charge is 2.07. The minimum absolute atomic E-state index is 0.298. The third-order valence-corrected chi connectivity index (χ3v) is 2.50. The summed E-state index contributed by atoms with van der Waals surface area (Å²) in [5, 5.41) is 19.9. The maximum atomic E-state index is 9.26. The number of aliphatic hydroxyl groups is 1. The van der Waals surface area contributed by atoms with Gasteiger partial charge in [0.1, 0.15) is 5.69 Å². The average Bonchev–Trinajstić information content (AvgIpc) is 2.45. The van der Waals surface area contributed by atoms with Gasteiger partial charge in [-0.2, -0.15) is 5.43 Å². The fourth-order valence-electron chi connectivity index (χ4n) is 1.52. The molecule has 1 aromatic heterocycles. The lowest BCUT2D eigenvalue weighted by molar-refractivity contribution is 0.119. The normalized spacial score (nSPS) is 12.2. The first-order chi connectivity index (χ1) is 9.20. The summed E-state index contributed by atoms with van der Waals surface area (Å²) in [5.41, 5.74) is 7.69. The Balaban J connectivity index is 2.14. The fourth-order valence-corrected chi connectivity index (χ4v) is 1.52. The molecule has 0 aliphatic rings. The summed E-state index contributed by atoms with van der Waals surface area (Å²) in [7, 11) is 1.61. The van der Waals surface area contributed by atoms with E-state index in [9.17, 15) is 5.11 Å². The van der Waals surface area contributed by atoms with Crippen molar-refractivity contribution in [3.63, 3.8) is 0 Å². The highest BCUT2D eigenvalue weighted by Crippen LogP contribution is 2.18. The van der Waals surface area contributed by atoms with Gasteiger partial charge in [0.2, 0.25) is 0 Å². The lowest BCUT2D eigenvalue weighted by Crippen LogP contribution is -2.43. The van der Waals surface area contributed by atoms with E-state index in [-0.39, 0.29) is 0 Å². The fraction of sp³-hybridized carbons (Fsp3) is 0.250. The third-order valence-electron chi connectivity index (χ3n) is 2.50. The van der Waals surface area contributed by atoms with Gasteiger partial charge in [-0.15, -0.1) is 10.2 Å². The second kappa shape index (κ2) is 6.19. The zero-order chi connectivity index (χ0) is 13.7. The zero-order valence-corrected chi connectivity index (χ0v) is 10.8. The van der Waals surface area contributed by atoms with Crippen molar-refractivity contribution in [2.75, 3.05) is 12.5 Å². The van der Waals surface area contributed by atoms with Crippen molar-refractivity contribution in [1.29, 1.82) is 0 Å². The molecule has 0 aliphatic carbocycles. The SMILES string of the molecule is CNC(O)NNc1nnc(-c2ccccc2)c(C)n1. The van der Waals surface area contributed by atoms with E-state index >= 15 is 0 Å². The quantitative estimate of drug-likeness (QED) is 0.452. The second-order valence-corrected chi connectivity index (χ2v) is 3.90. The van der Waals surface area contributed by atoms with Crippen LogP contribution in [0, 0.1) is 6.92 Å². The van der Waals surface area contributed by atoms with Gasteiger partial charge in [-0.3, -0.25) is 10.7 Å². The highest BCUT2D eigenvalue weighted by atomic mass is 16.3. The largest absolute Gasteiger partial charge is 0.364 e. The number of anilines is 1. The molecule has 0 radical (unpaired) electrons. The van der Waals surface area contributed by atoms with Crippen molar-refractivity contribution >= 4 is 5.95 Å². The number of hydrogen-bond acceptors (Lipinski definition) is 7. The molecule has 0 aliphatic heterocycles. The number of benzene rings is 1. The highest BCUT2D eigenvalue weighted by molar-refractivity contribution is 5.60. The van der Waals surface area contributed by atoms with E-state index in [2.05, 4.69) is 31.3 Å². The van der Waals surface area contributed by atoms with Crippen LogP contribution in [0.4, 0.5) is 5.95 Å². The predicted octanol–water partition coefficient (Wildman–Crippen LogP) is 0.259. The number of hydrazine groups is 1. The lowest BCUT2D eigenvalue weighted by atomic mass is 10.1. The van der Waals surface area contributed by atoms with E-state index < -0.39 is 6.35 Å². The van der Waals surface area contributed by atoms with Crippen molar-refractivity contribution in [2.24, 2.45) is 0 Å². The molecule has 2 aromatic rings. The summed E-state index contributed by atoms with van der Waals surface area (Å²) in [5.74, 6) is 0.298. The van der Waals surface area contributed by atoms with E-state index in [0.717, 1.165) is 17.0 Å². The lowest BCUT2D eigenvalue weighted by Gasteiger charge is -2.12. The Morgan fingerprint density at radius 2 is 1.89 bits per heavy atom. The van der Waals surface area contributed by atoms with Gasteiger partial charge in [0.05, 0.1) is 5.69 Å². The minimum atomic E-state index is -0.891. The summed E-state index contributed by atoms with van der Waals surface area (Å²) in [4.78, 5) is 4.27. The first-order valence-corrected chi connectivity index (χ1v) is 5.84. The first kappa shape index (κ1) is 13.3. The molecule has 0 spiro atoms. The maximum absolute atomic E-state index is 9.26. The molecule has 7 heteroatoms. The summed E-state index contributed by atoms with van der Waals surface area (Å²) >= 11 is 0. The molecule has 1 heterocycles. The van der Waals surface area contributed by atoms with Gasteiger partial charge in [0.15, 0.2) is 6.35 Å². The molecule has 0 amide bonds. The van der Waals surface area contributed by atoms with E-state index in [1.54, 1.807) is 7.05 Å². The third kappa shape index (κ3) is 3.44. The summed E-state index contributed by atoms with van der Waals surface area (Å²) in [6.45, 7) is 1.86. The van der Waals surface area contributed by atoms with Crippen LogP contribution in [0.15, 0.2) is 30.3 Å². The van der Waals surface area contributed by atoms with Gasteiger partial charge in [-0.1, -0.05) is 30.3 Å². The van der Waals surface area contributed by atoms with Crippen LogP contribution in [-0.2, 0) is 0 Å². The van der Waals surface area contributed by atoms with Crippen LogP contribution in [0.2, 0.25) is 0 Å². The van der Waals surface area contributed by atoms with Crippen LogP contribution in [0.25, 0.3) is 11.3 Å². The van der Waals surface area contributed by atoms with Crippen LogP contribution in [0.1, 0.15) is 5.69 Å². The average molecular weight is 260 g/mol. The molecule has 7 nitrogen and oxygen atoms in total. The van der Waals surface area contributed by atoms with Crippen molar-refractivity contribution in [3.8, 4) is 11.3 Å².